The van der Waals surface area contributed by atoms with Crippen LogP contribution in [-0.2, 0) is 22.7 Å². The van der Waals surface area contributed by atoms with Gasteiger partial charge in [0.25, 0.3) is 0 Å². The Hall–Kier alpha value is -4.22. The number of rotatable bonds is 12. The molecule has 266 valence electrons. The summed E-state index contributed by atoms with van der Waals surface area (Å²) in [5.41, 5.74) is 6.66. The molecule has 2 saturated heterocycles. The van der Waals surface area contributed by atoms with Crippen molar-refractivity contribution in [3.8, 4) is 45.3 Å². The van der Waals surface area contributed by atoms with Gasteiger partial charge in [-0.05, 0) is 37.5 Å². The fraction of sp³-hybridized carbons (Fsp3) is 0.385. The molecule has 1 unspecified atom stereocenters. The number of likely N-dealkylation sites (tertiary alicyclic amines) is 1. The number of aromatic nitrogens is 2. The van der Waals surface area contributed by atoms with E-state index < -0.39 is 0 Å². The second-order valence-corrected chi connectivity index (χ2v) is 14.6. The van der Waals surface area contributed by atoms with Crippen LogP contribution in [0.3, 0.4) is 0 Å². The van der Waals surface area contributed by atoms with E-state index in [1.54, 1.807) is 27.3 Å². The van der Waals surface area contributed by atoms with Gasteiger partial charge < -0.3 is 30.3 Å². The molecule has 1 spiro atoms. The molecule has 12 heteroatoms. The number of amides is 2. The average molecular weight is 730 g/mol. The molecular weight excluding hydrogens is 687 g/mol. The Morgan fingerprint density at radius 1 is 0.980 bits per heavy atom. The Balaban J connectivity index is 1.05. The van der Waals surface area contributed by atoms with Crippen molar-refractivity contribution in [2.45, 2.75) is 57.8 Å². The van der Waals surface area contributed by atoms with E-state index in [2.05, 4.69) is 27.0 Å². The van der Waals surface area contributed by atoms with E-state index in [4.69, 9.17) is 37.7 Å². The van der Waals surface area contributed by atoms with E-state index in [-0.39, 0.29) is 17.9 Å². The van der Waals surface area contributed by atoms with Gasteiger partial charge in [-0.25, -0.2) is 4.98 Å². The van der Waals surface area contributed by atoms with E-state index >= 15 is 0 Å². The second kappa shape index (κ2) is 14.8. The van der Waals surface area contributed by atoms with Crippen molar-refractivity contribution in [3.05, 3.63) is 82.0 Å². The minimum Gasteiger partial charge on any atom is -0.496 e. The Labute approximate surface area is 308 Å². The minimum atomic E-state index is 0.100. The highest BCUT2D eigenvalue weighted by Gasteiger charge is 2.52. The topological polar surface area (TPSA) is 118 Å². The first-order valence-corrected chi connectivity index (χ1v) is 18.1. The van der Waals surface area contributed by atoms with Crippen LogP contribution in [0.1, 0.15) is 43.7 Å². The van der Waals surface area contributed by atoms with Crippen LogP contribution in [0.25, 0.3) is 33.6 Å². The van der Waals surface area contributed by atoms with Gasteiger partial charge in [0.15, 0.2) is 0 Å². The molecule has 2 amide bonds. The summed E-state index contributed by atoms with van der Waals surface area (Å²) in [6, 6.07) is 18.2. The molecule has 1 aliphatic carbocycles. The third-order valence-corrected chi connectivity index (χ3v) is 11.2. The van der Waals surface area contributed by atoms with Gasteiger partial charge in [0.1, 0.15) is 5.75 Å². The first-order chi connectivity index (χ1) is 24.7. The van der Waals surface area contributed by atoms with Crippen LogP contribution < -0.4 is 25.4 Å². The summed E-state index contributed by atoms with van der Waals surface area (Å²) in [6.07, 6.45) is 5.32. The maximum Gasteiger partial charge on any atom is 0.220 e. The quantitative estimate of drug-likeness (QED) is 0.156. The van der Waals surface area contributed by atoms with Gasteiger partial charge in [-0.2, -0.15) is 0 Å². The molecule has 1 saturated carbocycles. The number of carbonyl (C=O) groups is 2. The minimum absolute atomic E-state index is 0.100. The van der Waals surface area contributed by atoms with E-state index in [1.165, 1.54) is 0 Å². The maximum atomic E-state index is 11.6. The first-order valence-electron chi connectivity index (χ1n) is 17.3. The number of halogens is 2. The molecule has 51 heavy (non-hydrogen) atoms. The van der Waals surface area contributed by atoms with E-state index in [0.29, 0.717) is 64.8 Å². The standard InChI is InChI=1S/C39H42Cl2N6O4/c1-23(48)47-21-39(22-47)16-28(17-39)44-19-25-8-7-24(15-33(25)50-2)37-36(41)30(13-14-43-37)29-5-4-6-31(35(29)40)32-11-9-26(38(46-32)51-3)18-42-20-27-10-12-34(49)45-27/h4-9,11,13-15,27-28,42,44H,10,12,16-22H2,1-3H3,(H,45,49). The molecule has 2 aliphatic heterocycles. The predicted octanol–water partition coefficient (Wildman–Crippen LogP) is 6.27. The van der Waals surface area contributed by atoms with Gasteiger partial charge in [0, 0.05) is 103 Å². The highest BCUT2D eigenvalue weighted by molar-refractivity contribution is 6.39. The zero-order valence-corrected chi connectivity index (χ0v) is 30.5. The largest absolute Gasteiger partial charge is 0.496 e. The smallest absolute Gasteiger partial charge is 0.220 e. The van der Waals surface area contributed by atoms with E-state index in [1.807, 2.05) is 53.4 Å². The summed E-state index contributed by atoms with van der Waals surface area (Å²) in [4.78, 5) is 34.5. The van der Waals surface area contributed by atoms with Crippen LogP contribution in [0.2, 0.25) is 10.0 Å². The van der Waals surface area contributed by atoms with Crippen LogP contribution in [-0.4, -0.2) is 72.6 Å². The number of benzene rings is 2. The molecule has 2 aromatic heterocycles. The molecule has 0 radical (unpaired) electrons. The number of hydrogen-bond acceptors (Lipinski definition) is 8. The highest BCUT2D eigenvalue weighted by atomic mass is 35.5. The molecule has 0 bridgehead atoms. The van der Waals surface area contributed by atoms with Crippen molar-refractivity contribution in [2.24, 2.45) is 5.41 Å². The predicted molar refractivity (Wildman–Crippen MR) is 199 cm³/mol. The second-order valence-electron chi connectivity index (χ2n) is 13.9. The number of hydrogen-bond donors (Lipinski definition) is 3. The lowest BCUT2D eigenvalue weighted by atomic mass is 9.60. The van der Waals surface area contributed by atoms with E-state index in [0.717, 1.165) is 71.5 Å². The third kappa shape index (κ3) is 7.28. The molecule has 3 fully saturated rings. The summed E-state index contributed by atoms with van der Waals surface area (Å²) >= 11 is 14.2. The van der Waals surface area contributed by atoms with Gasteiger partial charge in [-0.3, -0.25) is 14.6 Å². The third-order valence-electron chi connectivity index (χ3n) is 10.4. The molecule has 1 atom stereocenters. The molecule has 4 aromatic rings. The molecule has 3 aliphatic rings. The number of carbonyl (C=O) groups excluding carboxylic acids is 2. The van der Waals surface area contributed by atoms with Crippen molar-refractivity contribution in [1.29, 1.82) is 0 Å². The summed E-state index contributed by atoms with van der Waals surface area (Å²) in [7, 11) is 3.27. The Kier molecular flexibility index (Phi) is 10.2. The summed E-state index contributed by atoms with van der Waals surface area (Å²) in [5, 5.41) is 11.0. The van der Waals surface area contributed by atoms with Gasteiger partial charge in [-0.15, -0.1) is 0 Å². The lowest BCUT2D eigenvalue weighted by Crippen LogP contribution is -2.66. The molecule has 10 nitrogen and oxygen atoms in total. The van der Waals surface area contributed by atoms with Crippen LogP contribution in [0, 0.1) is 5.41 Å². The normalized spacial score (nSPS) is 17.9. The molecular formula is C39H42Cl2N6O4. The van der Waals surface area contributed by atoms with Crippen molar-refractivity contribution in [2.75, 3.05) is 33.9 Å². The van der Waals surface area contributed by atoms with Crippen molar-refractivity contribution < 1.29 is 19.1 Å². The fourth-order valence-electron chi connectivity index (χ4n) is 7.60. The fourth-order valence-corrected chi connectivity index (χ4v) is 8.25. The van der Waals surface area contributed by atoms with E-state index in [9.17, 15) is 9.59 Å². The number of pyridine rings is 2. The summed E-state index contributed by atoms with van der Waals surface area (Å²) < 4.78 is 11.5. The molecule has 2 aromatic carbocycles. The van der Waals surface area contributed by atoms with Crippen molar-refractivity contribution >= 4 is 35.0 Å². The monoisotopic (exact) mass is 728 g/mol. The van der Waals surface area contributed by atoms with Crippen LogP contribution >= 0.6 is 23.2 Å². The number of methoxy groups -OCH3 is 2. The average Bonchev–Trinajstić information content (AvgIpc) is 3.51. The molecule has 4 heterocycles. The van der Waals surface area contributed by atoms with Crippen LogP contribution in [0.4, 0.5) is 0 Å². The highest BCUT2D eigenvalue weighted by Crippen LogP contribution is 2.48. The van der Waals surface area contributed by atoms with Gasteiger partial charge in [-0.1, -0.05) is 59.6 Å². The Morgan fingerprint density at radius 3 is 2.47 bits per heavy atom. The Bertz CT molecular complexity index is 1960. The van der Waals surface area contributed by atoms with Crippen LogP contribution in [0.5, 0.6) is 11.6 Å². The number of ether oxygens (including phenoxy) is 2. The number of nitrogens with zero attached hydrogens (tertiary/aromatic N) is 3. The Morgan fingerprint density at radius 2 is 1.75 bits per heavy atom. The maximum absolute atomic E-state index is 11.6. The van der Waals surface area contributed by atoms with Gasteiger partial charge in [0.2, 0.25) is 17.7 Å². The summed E-state index contributed by atoms with van der Waals surface area (Å²) in [6.45, 7) is 5.31. The van der Waals surface area contributed by atoms with Crippen molar-refractivity contribution in [3.63, 3.8) is 0 Å². The lowest BCUT2D eigenvalue weighted by Gasteiger charge is -2.59. The summed E-state index contributed by atoms with van der Waals surface area (Å²) in [5.74, 6) is 1.53. The SMILES string of the molecule is COc1cc(-c2nccc(-c3cccc(-c4ccc(CNCC5CCC(=O)N5)c(OC)n4)c3Cl)c2Cl)ccc1CNC1CC2(C1)CN(C(C)=O)C2. The van der Waals surface area contributed by atoms with Gasteiger partial charge in [0.05, 0.1) is 35.7 Å². The number of nitrogens with one attached hydrogen (secondary N) is 3. The zero-order valence-electron chi connectivity index (χ0n) is 29.0. The zero-order chi connectivity index (χ0) is 35.7. The molecule has 3 N–H and O–H groups in total. The van der Waals surface area contributed by atoms with Crippen LogP contribution in [0.15, 0.2) is 60.8 Å². The van der Waals surface area contributed by atoms with Crippen molar-refractivity contribution in [1.82, 2.24) is 30.8 Å². The van der Waals surface area contributed by atoms with Gasteiger partial charge >= 0.3 is 0 Å². The first kappa shape index (κ1) is 35.2. The lowest BCUT2D eigenvalue weighted by molar-refractivity contribution is -0.149. The molecule has 7 rings (SSSR count).